The lowest BCUT2D eigenvalue weighted by atomic mass is 10.2. The maximum Gasteiger partial charge on any atom is 0.270 e. The van der Waals surface area contributed by atoms with Crippen molar-refractivity contribution in [2.75, 3.05) is 20.3 Å². The lowest BCUT2D eigenvalue weighted by molar-refractivity contribution is 0.0624. The molecule has 0 atom stereocenters. The molecule has 19 heavy (non-hydrogen) atoms. The summed E-state index contributed by atoms with van der Waals surface area (Å²) < 4.78 is 8.17. The molecule has 0 radical (unpaired) electrons. The van der Waals surface area contributed by atoms with E-state index >= 15 is 0 Å². The first-order valence-corrected chi connectivity index (χ1v) is 7.51. The Morgan fingerprint density at radius 1 is 1.58 bits per heavy atom. The van der Waals surface area contributed by atoms with Crippen molar-refractivity contribution in [1.29, 1.82) is 0 Å². The number of halogens is 1. The Bertz CT molecular complexity index is 452. The first-order chi connectivity index (χ1) is 9.04. The highest BCUT2D eigenvalue weighted by Crippen LogP contribution is 2.37. The van der Waals surface area contributed by atoms with E-state index in [4.69, 9.17) is 4.74 Å². The molecule has 1 aromatic heterocycles. The van der Waals surface area contributed by atoms with Gasteiger partial charge in [-0.25, -0.2) is 0 Å². The van der Waals surface area contributed by atoms with E-state index in [1.54, 1.807) is 7.11 Å². The van der Waals surface area contributed by atoms with Gasteiger partial charge in [0.25, 0.3) is 5.91 Å². The maximum absolute atomic E-state index is 12.7. The van der Waals surface area contributed by atoms with Crippen LogP contribution in [0.15, 0.2) is 16.7 Å². The average Bonchev–Trinajstić information content (AvgIpc) is 3.12. The van der Waals surface area contributed by atoms with E-state index < -0.39 is 0 Å². The number of methoxy groups -OCH3 is 1. The Hall–Kier alpha value is -0.810. The second-order valence-corrected chi connectivity index (χ2v) is 6.18. The zero-order valence-corrected chi connectivity index (χ0v) is 13.3. The van der Waals surface area contributed by atoms with Gasteiger partial charge in [-0.15, -0.1) is 0 Å². The van der Waals surface area contributed by atoms with Crippen molar-refractivity contribution >= 4 is 21.8 Å². The fourth-order valence-electron chi connectivity index (χ4n) is 2.20. The predicted octanol–water partition coefficient (Wildman–Crippen LogP) is 3.08. The second-order valence-electron chi connectivity index (χ2n) is 5.27. The van der Waals surface area contributed by atoms with E-state index in [0.29, 0.717) is 19.2 Å². The summed E-state index contributed by atoms with van der Waals surface area (Å²) in [5.74, 6) is 0.0876. The maximum atomic E-state index is 12.7. The van der Waals surface area contributed by atoms with Gasteiger partial charge in [-0.3, -0.25) is 4.79 Å². The van der Waals surface area contributed by atoms with Gasteiger partial charge in [0.15, 0.2) is 0 Å². The zero-order valence-electron chi connectivity index (χ0n) is 11.7. The largest absolute Gasteiger partial charge is 0.383 e. The molecule has 1 aliphatic rings. The molecule has 4 nitrogen and oxygen atoms in total. The molecule has 0 aliphatic heterocycles. The topological polar surface area (TPSA) is 34.5 Å². The van der Waals surface area contributed by atoms with Crippen molar-refractivity contribution in [3.8, 4) is 0 Å². The Morgan fingerprint density at radius 2 is 2.26 bits per heavy atom. The van der Waals surface area contributed by atoms with Gasteiger partial charge >= 0.3 is 0 Å². The molecule has 0 unspecified atom stereocenters. The summed E-state index contributed by atoms with van der Waals surface area (Å²) in [6.07, 6.45) is 4.35. The van der Waals surface area contributed by atoms with E-state index in [2.05, 4.69) is 20.5 Å². The molecule has 0 N–H and O–H groups in total. The van der Waals surface area contributed by atoms with Gasteiger partial charge in [0, 0.05) is 36.4 Å². The molecule has 5 heteroatoms. The quantitative estimate of drug-likeness (QED) is 0.804. The highest BCUT2D eigenvalue weighted by molar-refractivity contribution is 9.10. The standard InChI is InChI=1S/C14H21BrN2O2/c1-10(2)16(6-7-19-3)14(18)13-8-11(15)9-17(13)12-4-5-12/h8-10,12H,4-7H2,1-3H3. The number of amides is 1. The van der Waals surface area contributed by atoms with Crippen LogP contribution >= 0.6 is 15.9 Å². The number of rotatable bonds is 6. The van der Waals surface area contributed by atoms with Gasteiger partial charge in [0.05, 0.1) is 6.61 Å². The number of hydrogen-bond donors (Lipinski definition) is 0. The highest BCUT2D eigenvalue weighted by Gasteiger charge is 2.30. The lowest BCUT2D eigenvalue weighted by Gasteiger charge is -2.27. The number of carbonyl (C=O) groups excluding carboxylic acids is 1. The monoisotopic (exact) mass is 328 g/mol. The first kappa shape index (κ1) is 14.6. The van der Waals surface area contributed by atoms with E-state index in [1.165, 1.54) is 12.8 Å². The minimum absolute atomic E-state index is 0.0876. The molecule has 0 aromatic carbocycles. The third-order valence-electron chi connectivity index (χ3n) is 3.40. The molecule has 1 amide bonds. The average molecular weight is 329 g/mol. The molecule has 1 heterocycles. The molecule has 2 rings (SSSR count). The van der Waals surface area contributed by atoms with Crippen molar-refractivity contribution in [2.24, 2.45) is 0 Å². The third-order valence-corrected chi connectivity index (χ3v) is 3.83. The van der Waals surface area contributed by atoms with Gasteiger partial charge in [-0.2, -0.15) is 0 Å². The Kier molecular flexibility index (Phi) is 4.68. The molecule has 1 saturated carbocycles. The summed E-state index contributed by atoms with van der Waals surface area (Å²) in [6.45, 7) is 5.26. The fourth-order valence-corrected chi connectivity index (χ4v) is 2.64. The van der Waals surface area contributed by atoms with E-state index in [1.807, 2.05) is 31.0 Å². The molecule has 0 bridgehead atoms. The first-order valence-electron chi connectivity index (χ1n) is 6.72. The Balaban J connectivity index is 2.20. The predicted molar refractivity (Wildman–Crippen MR) is 78.5 cm³/mol. The number of aromatic nitrogens is 1. The van der Waals surface area contributed by atoms with E-state index in [-0.39, 0.29) is 11.9 Å². The molecular weight excluding hydrogens is 308 g/mol. The van der Waals surface area contributed by atoms with Crippen LogP contribution in [0, 0.1) is 0 Å². The molecule has 106 valence electrons. The Labute approximate surface area is 122 Å². The molecule has 0 saturated heterocycles. The number of carbonyl (C=O) groups is 1. The van der Waals surface area contributed by atoms with Crippen LogP contribution in [-0.4, -0.2) is 41.7 Å². The van der Waals surface area contributed by atoms with Crippen LogP contribution in [0.1, 0.15) is 43.2 Å². The summed E-state index contributed by atoms with van der Waals surface area (Å²) in [5, 5.41) is 0. The van der Waals surface area contributed by atoms with Crippen LogP contribution in [0.4, 0.5) is 0 Å². The smallest absolute Gasteiger partial charge is 0.270 e. The van der Waals surface area contributed by atoms with Crippen LogP contribution < -0.4 is 0 Å². The number of ether oxygens (including phenoxy) is 1. The van der Waals surface area contributed by atoms with Crippen LogP contribution in [0.25, 0.3) is 0 Å². The third kappa shape index (κ3) is 3.39. The summed E-state index contributed by atoms with van der Waals surface area (Å²) in [4.78, 5) is 14.6. The SMILES string of the molecule is COCCN(C(=O)c1cc(Br)cn1C1CC1)C(C)C. The molecule has 1 fully saturated rings. The normalized spacial score (nSPS) is 15.0. The van der Waals surface area contributed by atoms with Crippen molar-refractivity contribution in [3.63, 3.8) is 0 Å². The summed E-state index contributed by atoms with van der Waals surface area (Å²) >= 11 is 3.47. The van der Waals surface area contributed by atoms with Crippen LogP contribution in [0.3, 0.4) is 0 Å². The van der Waals surface area contributed by atoms with E-state index in [9.17, 15) is 4.79 Å². The zero-order chi connectivity index (χ0) is 14.0. The summed E-state index contributed by atoms with van der Waals surface area (Å²) in [6, 6.07) is 2.59. The van der Waals surface area contributed by atoms with Gasteiger partial charge in [0.1, 0.15) is 5.69 Å². The summed E-state index contributed by atoms with van der Waals surface area (Å²) in [5.41, 5.74) is 0.777. The van der Waals surface area contributed by atoms with Crippen molar-refractivity contribution in [3.05, 3.63) is 22.4 Å². The Morgan fingerprint density at radius 3 is 2.79 bits per heavy atom. The van der Waals surface area contributed by atoms with Crippen molar-refractivity contribution in [1.82, 2.24) is 9.47 Å². The minimum atomic E-state index is 0.0876. The number of hydrogen-bond acceptors (Lipinski definition) is 2. The minimum Gasteiger partial charge on any atom is -0.383 e. The fraction of sp³-hybridized carbons (Fsp3) is 0.643. The second kappa shape index (κ2) is 6.09. The van der Waals surface area contributed by atoms with Gasteiger partial charge in [-0.05, 0) is 48.7 Å². The van der Waals surface area contributed by atoms with Crippen molar-refractivity contribution < 1.29 is 9.53 Å². The van der Waals surface area contributed by atoms with E-state index in [0.717, 1.165) is 10.2 Å². The van der Waals surface area contributed by atoms with Gasteiger partial charge in [-0.1, -0.05) is 0 Å². The van der Waals surface area contributed by atoms with Crippen molar-refractivity contribution in [2.45, 2.75) is 38.8 Å². The lowest BCUT2D eigenvalue weighted by Crippen LogP contribution is -2.40. The summed E-state index contributed by atoms with van der Waals surface area (Å²) in [7, 11) is 1.66. The highest BCUT2D eigenvalue weighted by atomic mass is 79.9. The van der Waals surface area contributed by atoms with Crippen LogP contribution in [0.2, 0.25) is 0 Å². The van der Waals surface area contributed by atoms with Gasteiger partial charge < -0.3 is 14.2 Å². The van der Waals surface area contributed by atoms with Gasteiger partial charge in [0.2, 0.25) is 0 Å². The molecule has 1 aliphatic carbocycles. The molecule has 0 spiro atoms. The van der Waals surface area contributed by atoms with Crippen LogP contribution in [-0.2, 0) is 4.74 Å². The van der Waals surface area contributed by atoms with Crippen LogP contribution in [0.5, 0.6) is 0 Å². The molecule has 1 aromatic rings. The molecular formula is C14H21BrN2O2. The number of nitrogens with zero attached hydrogens (tertiary/aromatic N) is 2.